The Morgan fingerprint density at radius 1 is 1.08 bits per heavy atom. The van der Waals surface area contributed by atoms with E-state index in [0.717, 1.165) is 33.8 Å². The van der Waals surface area contributed by atoms with Gasteiger partial charge in [-0.1, -0.05) is 18.2 Å². The van der Waals surface area contributed by atoms with Crippen LogP contribution in [-0.4, -0.2) is 22.4 Å². The summed E-state index contributed by atoms with van der Waals surface area (Å²) in [5.41, 5.74) is 11.4. The van der Waals surface area contributed by atoms with Crippen LogP contribution in [0.25, 0.3) is 22.4 Å². The second kappa shape index (κ2) is 8.20. The van der Waals surface area contributed by atoms with Gasteiger partial charge < -0.3 is 11.1 Å². The minimum Gasteiger partial charge on any atom is -0.322 e. The van der Waals surface area contributed by atoms with Crippen LogP contribution in [0, 0.1) is 13.8 Å². The monoisotopic (exact) mass is 374 g/mol. The maximum absolute atomic E-state index is 11.4. The summed E-state index contributed by atoms with van der Waals surface area (Å²) in [6.45, 7) is 3.94. The number of aryl methyl sites for hydroxylation is 2. The van der Waals surface area contributed by atoms with Crippen molar-refractivity contribution in [3.63, 3.8) is 0 Å². The van der Waals surface area contributed by atoms with Gasteiger partial charge in [-0.25, -0.2) is 4.98 Å². The number of amides is 1. The van der Waals surface area contributed by atoms with E-state index in [4.69, 9.17) is 5.73 Å². The number of nitrogens with one attached hydrogen (secondary N) is 1. The molecule has 7 heteroatoms. The highest BCUT2D eigenvalue weighted by molar-refractivity contribution is 7.14. The van der Waals surface area contributed by atoms with Gasteiger partial charge in [0.25, 0.3) is 0 Å². The molecular weight excluding hydrogens is 356 g/mol. The van der Waals surface area contributed by atoms with Crippen LogP contribution in [0.1, 0.15) is 11.4 Å². The molecule has 0 bridgehead atoms. The second-order valence-corrected chi connectivity index (χ2v) is 6.37. The summed E-state index contributed by atoms with van der Waals surface area (Å²) >= 11 is 1.39. The van der Waals surface area contributed by atoms with E-state index in [0.29, 0.717) is 5.13 Å². The predicted octanol–water partition coefficient (Wildman–Crippen LogP) is 3.81. The van der Waals surface area contributed by atoms with Crippen molar-refractivity contribution in [2.45, 2.75) is 13.8 Å². The van der Waals surface area contributed by atoms with Crippen LogP contribution in [0.5, 0.6) is 0 Å². The number of pyridine rings is 1. The number of carbonyl (C=O) groups excluding carboxylic acids is 1. The average Bonchev–Trinajstić information content (AvgIpc) is 3.02. The molecule has 0 aliphatic carbocycles. The molecule has 0 saturated heterocycles. The molecule has 0 spiro atoms. The summed E-state index contributed by atoms with van der Waals surface area (Å²) in [7, 11) is 0. The highest BCUT2D eigenvalue weighted by atomic mass is 35.5. The Hall–Kier alpha value is -2.28. The van der Waals surface area contributed by atoms with Crippen LogP contribution in [0.3, 0.4) is 0 Å². The van der Waals surface area contributed by atoms with Crippen LogP contribution in [0.15, 0.2) is 41.8 Å². The van der Waals surface area contributed by atoms with Gasteiger partial charge in [0.15, 0.2) is 5.13 Å². The molecule has 3 N–H and O–H groups in total. The van der Waals surface area contributed by atoms with Crippen LogP contribution in [0.4, 0.5) is 5.13 Å². The molecule has 0 radical (unpaired) electrons. The smallest absolute Gasteiger partial charge is 0.239 e. The van der Waals surface area contributed by atoms with Crippen molar-refractivity contribution in [2.75, 3.05) is 11.9 Å². The van der Waals surface area contributed by atoms with E-state index in [1.807, 2.05) is 31.4 Å². The first-order valence-corrected chi connectivity index (χ1v) is 8.44. The molecule has 0 atom stereocenters. The molecule has 2 aromatic heterocycles. The number of nitrogens with two attached hydrogens (primary N) is 1. The predicted molar refractivity (Wildman–Crippen MR) is 105 cm³/mol. The molecule has 1 amide bonds. The van der Waals surface area contributed by atoms with Crippen LogP contribution in [0.2, 0.25) is 0 Å². The fourth-order valence-electron chi connectivity index (χ4n) is 2.49. The fraction of sp³-hybridized carbons (Fsp3) is 0.167. The fourth-order valence-corrected chi connectivity index (χ4v) is 3.23. The number of thiazole rings is 1. The maximum atomic E-state index is 11.4. The van der Waals surface area contributed by atoms with Crippen molar-refractivity contribution in [2.24, 2.45) is 5.73 Å². The minimum absolute atomic E-state index is 0. The van der Waals surface area contributed by atoms with Crippen molar-refractivity contribution < 1.29 is 4.79 Å². The van der Waals surface area contributed by atoms with Gasteiger partial charge >= 0.3 is 0 Å². The third-order valence-electron chi connectivity index (χ3n) is 3.51. The summed E-state index contributed by atoms with van der Waals surface area (Å²) in [5, 5.41) is 5.16. The number of rotatable bonds is 4. The first-order valence-electron chi connectivity index (χ1n) is 7.56. The van der Waals surface area contributed by atoms with Crippen molar-refractivity contribution in [3.8, 4) is 22.4 Å². The summed E-state index contributed by atoms with van der Waals surface area (Å²) in [5.74, 6) is -0.243. The molecule has 3 rings (SSSR count). The van der Waals surface area contributed by atoms with Gasteiger partial charge in [-0.05, 0) is 43.2 Å². The number of aromatic nitrogens is 2. The molecule has 0 aliphatic heterocycles. The summed E-state index contributed by atoms with van der Waals surface area (Å²) in [6, 6.07) is 12.3. The number of hydrogen-bond donors (Lipinski definition) is 2. The van der Waals surface area contributed by atoms with E-state index < -0.39 is 0 Å². The second-order valence-electron chi connectivity index (χ2n) is 5.51. The average molecular weight is 375 g/mol. The third-order valence-corrected chi connectivity index (χ3v) is 4.27. The van der Waals surface area contributed by atoms with Gasteiger partial charge in [0.2, 0.25) is 5.91 Å². The van der Waals surface area contributed by atoms with E-state index in [2.05, 4.69) is 39.6 Å². The lowest BCUT2D eigenvalue weighted by molar-refractivity contribution is -0.114. The van der Waals surface area contributed by atoms with Crippen LogP contribution < -0.4 is 11.1 Å². The van der Waals surface area contributed by atoms with E-state index >= 15 is 0 Å². The van der Waals surface area contributed by atoms with Gasteiger partial charge in [-0.2, -0.15) is 0 Å². The normalized spacial score (nSPS) is 10.2. The van der Waals surface area contributed by atoms with E-state index in [-0.39, 0.29) is 24.9 Å². The van der Waals surface area contributed by atoms with Gasteiger partial charge in [-0.3, -0.25) is 9.78 Å². The number of carbonyl (C=O) groups is 1. The zero-order valence-electron chi connectivity index (χ0n) is 13.9. The van der Waals surface area contributed by atoms with Crippen molar-refractivity contribution in [1.29, 1.82) is 0 Å². The van der Waals surface area contributed by atoms with E-state index in [1.165, 1.54) is 11.3 Å². The zero-order valence-corrected chi connectivity index (χ0v) is 15.6. The summed E-state index contributed by atoms with van der Waals surface area (Å²) < 4.78 is 0. The molecule has 5 nitrogen and oxygen atoms in total. The van der Waals surface area contributed by atoms with E-state index in [9.17, 15) is 4.79 Å². The molecule has 0 fully saturated rings. The highest BCUT2D eigenvalue weighted by Crippen LogP contribution is 2.29. The summed E-state index contributed by atoms with van der Waals surface area (Å²) in [6.07, 6.45) is 0. The molecule has 0 aliphatic rings. The molecule has 3 aromatic rings. The lowest BCUT2D eigenvalue weighted by atomic mass is 10.0. The molecule has 25 heavy (non-hydrogen) atoms. The quantitative estimate of drug-likeness (QED) is 0.727. The molecule has 1 aromatic carbocycles. The molecule has 0 unspecified atom stereocenters. The maximum Gasteiger partial charge on any atom is 0.239 e. The third kappa shape index (κ3) is 4.63. The van der Waals surface area contributed by atoms with E-state index in [1.54, 1.807) is 0 Å². The number of benzene rings is 1. The van der Waals surface area contributed by atoms with Crippen LogP contribution in [-0.2, 0) is 4.79 Å². The number of halogens is 1. The Labute approximate surface area is 156 Å². The summed E-state index contributed by atoms with van der Waals surface area (Å²) in [4.78, 5) is 20.2. The van der Waals surface area contributed by atoms with Gasteiger partial charge in [0, 0.05) is 22.3 Å². The number of nitrogens with zero attached hydrogens (tertiary/aromatic N) is 2. The number of anilines is 1. The lowest BCUT2D eigenvalue weighted by Gasteiger charge is -2.06. The van der Waals surface area contributed by atoms with Crippen molar-refractivity contribution >= 4 is 34.8 Å². The largest absolute Gasteiger partial charge is 0.322 e. The minimum atomic E-state index is -0.243. The Kier molecular flexibility index (Phi) is 6.25. The highest BCUT2D eigenvalue weighted by Gasteiger charge is 2.08. The molecule has 2 heterocycles. The zero-order chi connectivity index (χ0) is 17.1. The van der Waals surface area contributed by atoms with Gasteiger partial charge in [0.05, 0.1) is 12.2 Å². The number of hydrogen-bond acceptors (Lipinski definition) is 5. The van der Waals surface area contributed by atoms with Crippen molar-refractivity contribution in [1.82, 2.24) is 9.97 Å². The Bertz CT molecular complexity index is 874. The first-order chi connectivity index (χ1) is 11.5. The molecule has 130 valence electrons. The SMILES string of the molecule is Cc1cc(-c2cccc(-c3csc(NC(=O)CN)n3)c2)cc(C)n1.Cl. The Morgan fingerprint density at radius 3 is 2.44 bits per heavy atom. The lowest BCUT2D eigenvalue weighted by Crippen LogP contribution is -2.21. The Morgan fingerprint density at radius 2 is 1.76 bits per heavy atom. The molecule has 0 saturated carbocycles. The van der Waals surface area contributed by atoms with Crippen molar-refractivity contribution in [3.05, 3.63) is 53.2 Å². The Balaban J connectivity index is 0.00000225. The topological polar surface area (TPSA) is 80.9 Å². The molecular formula is C18H19ClN4OS. The van der Waals surface area contributed by atoms with Gasteiger partial charge in [0.1, 0.15) is 0 Å². The standard InChI is InChI=1S/C18H18N4OS.ClH/c1-11-6-15(7-12(2)20-11)13-4-3-5-14(8-13)16-10-24-18(21-16)22-17(23)9-19;/h3-8,10H,9,19H2,1-2H3,(H,21,22,23);1H. The van der Waals surface area contributed by atoms with Crippen LogP contribution >= 0.6 is 23.7 Å². The first kappa shape index (κ1) is 19.1. The van der Waals surface area contributed by atoms with Gasteiger partial charge in [-0.15, -0.1) is 23.7 Å².